The van der Waals surface area contributed by atoms with Gasteiger partial charge in [0.15, 0.2) is 5.78 Å². The summed E-state index contributed by atoms with van der Waals surface area (Å²) in [6.07, 6.45) is 3.06. The van der Waals surface area contributed by atoms with Crippen LogP contribution in [0.3, 0.4) is 0 Å². The molecule has 3 nitrogen and oxygen atoms in total. The topological polar surface area (TPSA) is 39.2 Å². The molecule has 2 aromatic rings. The number of pyridine rings is 1. The summed E-state index contributed by atoms with van der Waals surface area (Å²) in [5.74, 6) is 0.428. The van der Waals surface area contributed by atoms with Gasteiger partial charge in [0, 0.05) is 22.3 Å². The molecule has 0 atom stereocenters. The van der Waals surface area contributed by atoms with E-state index < -0.39 is 0 Å². The first-order valence-corrected chi connectivity index (χ1v) is 5.38. The Balaban J connectivity index is 2.36. The number of aromatic nitrogens is 1. The van der Waals surface area contributed by atoms with E-state index >= 15 is 0 Å². The number of rotatable bonds is 3. The van der Waals surface area contributed by atoms with Gasteiger partial charge in [-0.15, -0.1) is 0 Å². The molecular weight excluding hydrogens is 238 g/mol. The summed E-state index contributed by atoms with van der Waals surface area (Å²) in [5.41, 5.74) is 1.01. The van der Waals surface area contributed by atoms with Crippen molar-refractivity contribution in [1.82, 2.24) is 4.98 Å². The Labute approximate surface area is 104 Å². The zero-order chi connectivity index (χ0) is 12.3. The van der Waals surface area contributed by atoms with E-state index in [4.69, 9.17) is 16.3 Å². The standard InChI is InChI=1S/C13H10ClNO2/c1-17-12-6-10(7-15-8-12)13(16)9-3-2-4-11(14)5-9/h2-8H,1H3. The number of carbonyl (C=O) groups excluding carboxylic acids is 1. The number of nitrogens with zero attached hydrogens (tertiary/aromatic N) is 1. The van der Waals surface area contributed by atoms with Crippen LogP contribution in [0.25, 0.3) is 0 Å². The number of halogens is 1. The molecule has 0 saturated heterocycles. The fourth-order valence-corrected chi connectivity index (χ4v) is 1.64. The molecule has 4 heteroatoms. The maximum atomic E-state index is 12.1. The molecule has 0 fully saturated rings. The molecule has 1 heterocycles. The highest BCUT2D eigenvalue weighted by atomic mass is 35.5. The van der Waals surface area contributed by atoms with Gasteiger partial charge in [0.2, 0.25) is 0 Å². The van der Waals surface area contributed by atoms with Crippen LogP contribution in [0, 0.1) is 0 Å². The molecule has 1 aromatic heterocycles. The monoisotopic (exact) mass is 247 g/mol. The Bertz CT molecular complexity index is 555. The number of benzene rings is 1. The molecule has 17 heavy (non-hydrogen) atoms. The van der Waals surface area contributed by atoms with Gasteiger partial charge in [0.1, 0.15) is 5.75 Å². The zero-order valence-electron chi connectivity index (χ0n) is 9.18. The second-order valence-electron chi connectivity index (χ2n) is 3.45. The van der Waals surface area contributed by atoms with Crippen LogP contribution >= 0.6 is 11.6 Å². The van der Waals surface area contributed by atoms with Crippen LogP contribution < -0.4 is 4.74 Å². The minimum absolute atomic E-state index is 0.126. The average molecular weight is 248 g/mol. The maximum absolute atomic E-state index is 12.1. The van der Waals surface area contributed by atoms with Crippen LogP contribution in [-0.4, -0.2) is 17.9 Å². The molecule has 0 unspecified atom stereocenters. The van der Waals surface area contributed by atoms with E-state index in [1.165, 1.54) is 13.3 Å². The van der Waals surface area contributed by atoms with Crippen molar-refractivity contribution in [3.05, 3.63) is 58.9 Å². The van der Waals surface area contributed by atoms with E-state index in [1.807, 2.05) is 0 Å². The molecule has 0 radical (unpaired) electrons. The summed E-state index contributed by atoms with van der Waals surface area (Å²) in [5, 5.41) is 0.534. The second kappa shape index (κ2) is 4.97. The Hall–Kier alpha value is -1.87. The number of hydrogen-bond acceptors (Lipinski definition) is 3. The minimum Gasteiger partial charge on any atom is -0.495 e. The summed E-state index contributed by atoms with van der Waals surface area (Å²) < 4.78 is 5.02. The fourth-order valence-electron chi connectivity index (χ4n) is 1.45. The molecule has 0 amide bonds. The van der Waals surface area contributed by atoms with Gasteiger partial charge in [-0.3, -0.25) is 9.78 Å². The van der Waals surface area contributed by atoms with Crippen molar-refractivity contribution < 1.29 is 9.53 Å². The predicted octanol–water partition coefficient (Wildman–Crippen LogP) is 2.97. The van der Waals surface area contributed by atoms with Crippen molar-refractivity contribution in [3.8, 4) is 5.75 Å². The number of hydrogen-bond donors (Lipinski definition) is 0. The van der Waals surface area contributed by atoms with Gasteiger partial charge in [-0.2, -0.15) is 0 Å². The first kappa shape index (κ1) is 11.6. The molecule has 2 rings (SSSR count). The molecule has 0 N–H and O–H groups in total. The molecule has 0 aliphatic rings. The number of carbonyl (C=O) groups is 1. The van der Waals surface area contributed by atoms with Crippen LogP contribution in [0.2, 0.25) is 5.02 Å². The van der Waals surface area contributed by atoms with E-state index in [-0.39, 0.29) is 5.78 Å². The quantitative estimate of drug-likeness (QED) is 0.783. The lowest BCUT2D eigenvalue weighted by Gasteiger charge is -2.03. The molecule has 0 aliphatic carbocycles. The highest BCUT2D eigenvalue weighted by Crippen LogP contribution is 2.17. The van der Waals surface area contributed by atoms with Crippen molar-refractivity contribution in [2.24, 2.45) is 0 Å². The van der Waals surface area contributed by atoms with Crippen LogP contribution in [0.4, 0.5) is 0 Å². The third-order valence-corrected chi connectivity index (χ3v) is 2.53. The van der Waals surface area contributed by atoms with Gasteiger partial charge in [0.05, 0.1) is 13.3 Å². The van der Waals surface area contributed by atoms with Crippen LogP contribution in [0.15, 0.2) is 42.7 Å². The Morgan fingerprint density at radius 1 is 1.24 bits per heavy atom. The Kier molecular flexibility index (Phi) is 3.40. The van der Waals surface area contributed by atoms with E-state index in [1.54, 1.807) is 36.5 Å². The number of ether oxygens (including phenoxy) is 1. The van der Waals surface area contributed by atoms with Crippen molar-refractivity contribution in [3.63, 3.8) is 0 Å². The van der Waals surface area contributed by atoms with Crippen molar-refractivity contribution in [2.75, 3.05) is 7.11 Å². The van der Waals surface area contributed by atoms with E-state index in [0.29, 0.717) is 21.9 Å². The van der Waals surface area contributed by atoms with Crippen LogP contribution in [-0.2, 0) is 0 Å². The lowest BCUT2D eigenvalue weighted by molar-refractivity contribution is 0.103. The molecule has 0 aliphatic heterocycles. The van der Waals surface area contributed by atoms with Crippen LogP contribution in [0.1, 0.15) is 15.9 Å². The highest BCUT2D eigenvalue weighted by Gasteiger charge is 2.10. The molecule has 0 saturated carbocycles. The van der Waals surface area contributed by atoms with Crippen molar-refractivity contribution in [1.29, 1.82) is 0 Å². The largest absolute Gasteiger partial charge is 0.495 e. The summed E-state index contributed by atoms with van der Waals surface area (Å²) in [6.45, 7) is 0. The lowest BCUT2D eigenvalue weighted by Crippen LogP contribution is -2.02. The fraction of sp³-hybridized carbons (Fsp3) is 0.0769. The van der Waals surface area contributed by atoms with Gasteiger partial charge in [0.25, 0.3) is 0 Å². The highest BCUT2D eigenvalue weighted by molar-refractivity contribution is 6.31. The van der Waals surface area contributed by atoms with Gasteiger partial charge >= 0.3 is 0 Å². The van der Waals surface area contributed by atoms with Gasteiger partial charge < -0.3 is 4.74 Å². The Morgan fingerprint density at radius 2 is 2.06 bits per heavy atom. The zero-order valence-corrected chi connectivity index (χ0v) is 9.94. The third kappa shape index (κ3) is 2.63. The summed E-state index contributed by atoms with van der Waals surface area (Å²) in [4.78, 5) is 16.1. The second-order valence-corrected chi connectivity index (χ2v) is 3.89. The number of ketones is 1. The maximum Gasteiger partial charge on any atom is 0.194 e. The summed E-state index contributed by atoms with van der Waals surface area (Å²) in [7, 11) is 1.53. The molecule has 0 spiro atoms. The minimum atomic E-state index is -0.126. The first-order valence-electron chi connectivity index (χ1n) is 5.00. The van der Waals surface area contributed by atoms with Crippen molar-refractivity contribution in [2.45, 2.75) is 0 Å². The Morgan fingerprint density at radius 3 is 2.76 bits per heavy atom. The van der Waals surface area contributed by atoms with Crippen molar-refractivity contribution >= 4 is 17.4 Å². The number of methoxy groups -OCH3 is 1. The van der Waals surface area contributed by atoms with Crippen LogP contribution in [0.5, 0.6) is 5.75 Å². The van der Waals surface area contributed by atoms with E-state index in [0.717, 1.165) is 0 Å². The third-order valence-electron chi connectivity index (χ3n) is 2.30. The lowest BCUT2D eigenvalue weighted by atomic mass is 10.1. The molecular formula is C13H10ClNO2. The normalized spacial score (nSPS) is 10.0. The predicted molar refractivity (Wildman–Crippen MR) is 65.7 cm³/mol. The molecule has 0 bridgehead atoms. The molecule has 86 valence electrons. The molecule has 1 aromatic carbocycles. The van der Waals surface area contributed by atoms with Gasteiger partial charge in [-0.05, 0) is 18.2 Å². The van der Waals surface area contributed by atoms with E-state index in [2.05, 4.69) is 4.98 Å². The summed E-state index contributed by atoms with van der Waals surface area (Å²) >= 11 is 5.84. The SMILES string of the molecule is COc1cncc(C(=O)c2cccc(Cl)c2)c1. The smallest absolute Gasteiger partial charge is 0.194 e. The van der Waals surface area contributed by atoms with E-state index in [9.17, 15) is 4.79 Å². The first-order chi connectivity index (χ1) is 8.20. The average Bonchev–Trinajstić information content (AvgIpc) is 2.38. The summed E-state index contributed by atoms with van der Waals surface area (Å²) in [6, 6.07) is 8.46. The van der Waals surface area contributed by atoms with Gasteiger partial charge in [-0.25, -0.2) is 0 Å². The van der Waals surface area contributed by atoms with Gasteiger partial charge in [-0.1, -0.05) is 23.7 Å².